The molecule has 1 saturated heterocycles. The molecule has 1 aromatic heterocycles. The summed E-state index contributed by atoms with van der Waals surface area (Å²) in [4.78, 5) is 0. The maximum absolute atomic E-state index is 5.54. The number of benzene rings is 1. The third-order valence-corrected chi connectivity index (χ3v) is 4.31. The molecule has 0 amide bonds. The average Bonchev–Trinajstić information content (AvgIpc) is 2.92. The van der Waals surface area contributed by atoms with Gasteiger partial charge in [-0.1, -0.05) is 24.3 Å². The van der Waals surface area contributed by atoms with Crippen LogP contribution < -0.4 is 5.32 Å². The van der Waals surface area contributed by atoms with E-state index in [1.165, 1.54) is 29.3 Å². The number of aromatic nitrogens is 1. The molecule has 3 rings (SSSR count). The van der Waals surface area contributed by atoms with Crippen LogP contribution in [0, 0.1) is 0 Å². The Kier molecular flexibility index (Phi) is 4.73. The van der Waals surface area contributed by atoms with Crippen molar-refractivity contribution in [2.75, 3.05) is 26.3 Å². The lowest BCUT2D eigenvalue weighted by molar-refractivity contribution is 0.154. The van der Waals surface area contributed by atoms with Crippen LogP contribution in [0.2, 0.25) is 0 Å². The first-order chi connectivity index (χ1) is 10.4. The molecular formula is C18H24N2O. The van der Waals surface area contributed by atoms with Crippen molar-refractivity contribution in [3.8, 4) is 0 Å². The molecule has 2 heterocycles. The molecule has 0 saturated carbocycles. The van der Waals surface area contributed by atoms with Crippen LogP contribution in [0.5, 0.6) is 0 Å². The highest BCUT2D eigenvalue weighted by atomic mass is 16.5. The molecule has 1 aromatic carbocycles. The molecule has 1 N–H and O–H groups in total. The smallest absolute Gasteiger partial charge is 0.0649 e. The highest BCUT2D eigenvalue weighted by molar-refractivity contribution is 5.84. The van der Waals surface area contributed by atoms with E-state index in [0.717, 1.165) is 26.2 Å². The van der Waals surface area contributed by atoms with Gasteiger partial charge in [0.2, 0.25) is 0 Å². The largest absolute Gasteiger partial charge is 0.376 e. The summed E-state index contributed by atoms with van der Waals surface area (Å²) in [6.07, 6.45) is 6.62. The Bertz CT molecular complexity index is 596. The number of nitrogens with one attached hydrogen (secondary N) is 1. The molecule has 3 heteroatoms. The normalized spacial score (nSPS) is 16.4. The predicted molar refractivity (Wildman–Crippen MR) is 87.8 cm³/mol. The first kappa shape index (κ1) is 14.4. The Hall–Kier alpha value is -1.58. The fourth-order valence-electron chi connectivity index (χ4n) is 3.25. The number of hydrogen-bond acceptors (Lipinski definition) is 2. The molecule has 0 spiro atoms. The molecule has 2 aromatic rings. The predicted octanol–water partition coefficient (Wildman–Crippen LogP) is 3.31. The van der Waals surface area contributed by atoms with Gasteiger partial charge in [0.25, 0.3) is 0 Å². The van der Waals surface area contributed by atoms with Crippen LogP contribution in [0.3, 0.4) is 0 Å². The first-order valence-electron chi connectivity index (χ1n) is 7.87. The van der Waals surface area contributed by atoms with Crippen molar-refractivity contribution in [2.45, 2.75) is 25.3 Å². The number of ether oxygens (including phenoxy) is 1. The lowest BCUT2D eigenvalue weighted by atomic mass is 9.90. The molecule has 112 valence electrons. The maximum atomic E-state index is 5.54. The standard InChI is InChI=1S/C18H24N2O/c1-2-12-21-13-11-20-14-17(15-7-9-19-10-8-15)16-5-3-4-6-18(16)20/h2-6,14-15,19H,1,7-13H2. The Morgan fingerprint density at radius 2 is 2.10 bits per heavy atom. The van der Waals surface area contributed by atoms with Crippen LogP contribution in [-0.2, 0) is 11.3 Å². The molecule has 3 nitrogen and oxygen atoms in total. The van der Waals surface area contributed by atoms with Gasteiger partial charge in [0.05, 0.1) is 13.2 Å². The Morgan fingerprint density at radius 1 is 1.29 bits per heavy atom. The number of rotatable bonds is 6. The Balaban J connectivity index is 1.84. The highest BCUT2D eigenvalue weighted by Crippen LogP contribution is 2.32. The minimum atomic E-state index is 0.625. The molecule has 0 atom stereocenters. The summed E-state index contributed by atoms with van der Waals surface area (Å²) < 4.78 is 7.88. The molecular weight excluding hydrogens is 260 g/mol. The van der Waals surface area contributed by atoms with Gasteiger partial charge in [-0.3, -0.25) is 0 Å². The van der Waals surface area contributed by atoms with Crippen molar-refractivity contribution in [1.82, 2.24) is 9.88 Å². The van der Waals surface area contributed by atoms with E-state index >= 15 is 0 Å². The van der Waals surface area contributed by atoms with Gasteiger partial charge in [-0.05, 0) is 43.5 Å². The second kappa shape index (κ2) is 6.92. The molecule has 1 aliphatic heterocycles. The lowest BCUT2D eigenvalue weighted by Crippen LogP contribution is -2.26. The summed E-state index contributed by atoms with van der Waals surface area (Å²) >= 11 is 0. The fraction of sp³-hybridized carbons (Fsp3) is 0.444. The van der Waals surface area contributed by atoms with Crippen LogP contribution in [-0.4, -0.2) is 30.9 Å². The minimum absolute atomic E-state index is 0.625. The third kappa shape index (κ3) is 3.20. The Morgan fingerprint density at radius 3 is 2.90 bits per heavy atom. The number of piperidine rings is 1. The molecule has 0 unspecified atom stereocenters. The van der Waals surface area contributed by atoms with E-state index < -0.39 is 0 Å². The van der Waals surface area contributed by atoms with Crippen LogP contribution in [0.25, 0.3) is 10.9 Å². The zero-order chi connectivity index (χ0) is 14.5. The Labute approximate surface area is 126 Å². The van der Waals surface area contributed by atoms with Gasteiger partial charge in [0.15, 0.2) is 0 Å². The van der Waals surface area contributed by atoms with Crippen molar-refractivity contribution < 1.29 is 4.74 Å². The summed E-state index contributed by atoms with van der Waals surface area (Å²) in [6, 6.07) is 8.74. The quantitative estimate of drug-likeness (QED) is 0.650. The molecule has 0 bridgehead atoms. The SMILES string of the molecule is C=CCOCCn1cc(C2CCNCC2)c2ccccc21. The van der Waals surface area contributed by atoms with Crippen molar-refractivity contribution in [1.29, 1.82) is 0 Å². The molecule has 0 aliphatic carbocycles. The number of nitrogens with zero attached hydrogens (tertiary/aromatic N) is 1. The van der Waals surface area contributed by atoms with E-state index in [9.17, 15) is 0 Å². The zero-order valence-corrected chi connectivity index (χ0v) is 12.6. The second-order valence-corrected chi connectivity index (χ2v) is 5.68. The number of hydrogen-bond donors (Lipinski definition) is 1. The van der Waals surface area contributed by atoms with E-state index in [0.29, 0.717) is 12.5 Å². The van der Waals surface area contributed by atoms with Crippen molar-refractivity contribution >= 4 is 10.9 Å². The number of para-hydroxylation sites is 1. The number of fused-ring (bicyclic) bond motifs is 1. The first-order valence-corrected chi connectivity index (χ1v) is 7.87. The van der Waals surface area contributed by atoms with Gasteiger partial charge in [0.1, 0.15) is 0 Å². The van der Waals surface area contributed by atoms with Gasteiger partial charge >= 0.3 is 0 Å². The summed E-state index contributed by atoms with van der Waals surface area (Å²) in [7, 11) is 0. The van der Waals surface area contributed by atoms with Crippen LogP contribution in [0.4, 0.5) is 0 Å². The van der Waals surface area contributed by atoms with Crippen LogP contribution >= 0.6 is 0 Å². The van der Waals surface area contributed by atoms with E-state index in [1.807, 2.05) is 0 Å². The van der Waals surface area contributed by atoms with E-state index in [1.54, 1.807) is 6.08 Å². The van der Waals surface area contributed by atoms with Gasteiger partial charge < -0.3 is 14.6 Å². The van der Waals surface area contributed by atoms with Crippen LogP contribution in [0.1, 0.15) is 24.3 Å². The zero-order valence-electron chi connectivity index (χ0n) is 12.6. The van der Waals surface area contributed by atoms with Gasteiger partial charge in [-0.2, -0.15) is 0 Å². The summed E-state index contributed by atoms with van der Waals surface area (Å²) in [5.41, 5.74) is 2.84. The molecule has 21 heavy (non-hydrogen) atoms. The second-order valence-electron chi connectivity index (χ2n) is 5.68. The summed E-state index contributed by atoms with van der Waals surface area (Å²) in [6.45, 7) is 8.21. The monoisotopic (exact) mass is 284 g/mol. The summed E-state index contributed by atoms with van der Waals surface area (Å²) in [5, 5.41) is 4.86. The van der Waals surface area contributed by atoms with Crippen molar-refractivity contribution in [3.05, 3.63) is 48.7 Å². The van der Waals surface area contributed by atoms with Gasteiger partial charge in [-0.25, -0.2) is 0 Å². The lowest BCUT2D eigenvalue weighted by Gasteiger charge is -2.22. The van der Waals surface area contributed by atoms with Gasteiger partial charge in [0, 0.05) is 23.6 Å². The van der Waals surface area contributed by atoms with Crippen molar-refractivity contribution in [3.63, 3.8) is 0 Å². The molecule has 1 aliphatic rings. The van der Waals surface area contributed by atoms with Crippen LogP contribution in [0.15, 0.2) is 43.1 Å². The average molecular weight is 284 g/mol. The third-order valence-electron chi connectivity index (χ3n) is 4.31. The van der Waals surface area contributed by atoms with Crippen molar-refractivity contribution in [2.24, 2.45) is 0 Å². The van der Waals surface area contributed by atoms with E-state index in [4.69, 9.17) is 4.74 Å². The summed E-state index contributed by atoms with van der Waals surface area (Å²) in [5.74, 6) is 0.687. The van der Waals surface area contributed by atoms with Gasteiger partial charge in [-0.15, -0.1) is 6.58 Å². The highest BCUT2D eigenvalue weighted by Gasteiger charge is 2.19. The molecule has 0 radical (unpaired) electrons. The minimum Gasteiger partial charge on any atom is -0.376 e. The fourth-order valence-corrected chi connectivity index (χ4v) is 3.25. The topological polar surface area (TPSA) is 26.2 Å². The molecule has 1 fully saturated rings. The maximum Gasteiger partial charge on any atom is 0.0649 e. The van der Waals surface area contributed by atoms with E-state index in [2.05, 4.69) is 46.9 Å². The van der Waals surface area contributed by atoms with E-state index in [-0.39, 0.29) is 0 Å².